The van der Waals surface area contributed by atoms with Gasteiger partial charge in [-0.15, -0.1) is 11.3 Å². The molecule has 0 saturated heterocycles. The summed E-state index contributed by atoms with van der Waals surface area (Å²) in [6.07, 6.45) is 0. The molecule has 0 radical (unpaired) electrons. The van der Waals surface area contributed by atoms with Gasteiger partial charge in [-0.3, -0.25) is 20.0 Å². The molecule has 26 heavy (non-hydrogen) atoms. The van der Waals surface area contributed by atoms with Crippen LogP contribution in [0.25, 0.3) is 10.2 Å². The first-order valence-electron chi connectivity index (χ1n) is 8.02. The lowest BCUT2D eigenvalue weighted by Gasteiger charge is -2.27. The number of hydrogen-bond donors (Lipinski definition) is 2. The molecule has 2 aromatic carbocycles. The topological polar surface area (TPSA) is 86.7 Å². The van der Waals surface area contributed by atoms with E-state index in [0.29, 0.717) is 12.2 Å². The number of benzene rings is 2. The van der Waals surface area contributed by atoms with Crippen LogP contribution in [0.2, 0.25) is 0 Å². The highest BCUT2D eigenvalue weighted by atomic mass is 32.1. The number of nitrogens with one attached hydrogen (secondary N) is 2. The van der Waals surface area contributed by atoms with Crippen molar-refractivity contribution in [3.8, 4) is 0 Å². The van der Waals surface area contributed by atoms with Crippen molar-refractivity contribution in [1.82, 2.24) is 15.7 Å². The average Bonchev–Trinajstić information content (AvgIpc) is 3.10. The minimum atomic E-state index is -0.377. The molecular weight excluding hydrogens is 350 g/mol. The molecule has 8 heteroatoms. The van der Waals surface area contributed by atoms with E-state index in [0.717, 1.165) is 15.2 Å². The van der Waals surface area contributed by atoms with Gasteiger partial charge in [0.2, 0.25) is 5.84 Å². The van der Waals surface area contributed by atoms with Crippen LogP contribution in [0.3, 0.4) is 0 Å². The molecule has 0 atom stereocenters. The Morgan fingerprint density at radius 1 is 1.15 bits per heavy atom. The van der Waals surface area contributed by atoms with E-state index in [4.69, 9.17) is 0 Å². The molecule has 3 aromatic rings. The number of rotatable bonds is 4. The third-order valence-corrected chi connectivity index (χ3v) is 4.84. The molecule has 0 fully saturated rings. The first-order chi connectivity index (χ1) is 12.7. The molecule has 4 rings (SSSR count). The number of thiazole rings is 1. The summed E-state index contributed by atoms with van der Waals surface area (Å²) in [5, 5.41) is 4.94. The largest absolute Gasteiger partial charge is 0.343 e. The van der Waals surface area contributed by atoms with E-state index in [9.17, 15) is 9.59 Å². The number of carbonyl (C=O) groups excluding carboxylic acids is 2. The third kappa shape index (κ3) is 3.27. The highest BCUT2D eigenvalue weighted by Gasteiger charge is 2.25. The minimum absolute atomic E-state index is 0.0776. The Bertz CT molecular complexity index is 966. The summed E-state index contributed by atoms with van der Waals surface area (Å²) in [6.45, 7) is 0.226. The molecular formula is C18H15N5O2S. The number of hydrazine groups is 1. The number of amides is 2. The maximum absolute atomic E-state index is 12.4. The lowest BCUT2D eigenvalue weighted by atomic mass is 10.3. The number of amidine groups is 1. The van der Waals surface area contributed by atoms with E-state index in [1.807, 2.05) is 42.5 Å². The van der Waals surface area contributed by atoms with Crippen molar-refractivity contribution in [2.24, 2.45) is 4.99 Å². The van der Waals surface area contributed by atoms with Gasteiger partial charge in [0.1, 0.15) is 11.6 Å². The van der Waals surface area contributed by atoms with Crippen LogP contribution >= 0.6 is 11.3 Å². The molecule has 0 saturated carbocycles. The molecule has 1 aromatic heterocycles. The monoisotopic (exact) mass is 365 g/mol. The maximum Gasteiger partial charge on any atom is 0.288 e. The van der Waals surface area contributed by atoms with E-state index in [1.165, 1.54) is 16.3 Å². The Morgan fingerprint density at radius 3 is 2.73 bits per heavy atom. The van der Waals surface area contributed by atoms with E-state index in [-0.39, 0.29) is 24.2 Å². The van der Waals surface area contributed by atoms with Crippen molar-refractivity contribution in [3.63, 3.8) is 0 Å². The lowest BCUT2D eigenvalue weighted by Crippen LogP contribution is -2.55. The number of para-hydroxylation sites is 2. The Labute approximate surface area is 153 Å². The van der Waals surface area contributed by atoms with Crippen molar-refractivity contribution in [2.45, 2.75) is 6.54 Å². The van der Waals surface area contributed by atoms with Gasteiger partial charge in [-0.2, -0.15) is 0 Å². The summed E-state index contributed by atoms with van der Waals surface area (Å²) in [6, 6.07) is 16.9. The second-order valence-corrected chi connectivity index (χ2v) is 6.71. The summed E-state index contributed by atoms with van der Waals surface area (Å²) in [5.74, 6) is -0.494. The minimum Gasteiger partial charge on any atom is -0.343 e. The highest BCUT2D eigenvalue weighted by Crippen LogP contribution is 2.21. The van der Waals surface area contributed by atoms with Crippen LogP contribution in [0.15, 0.2) is 59.6 Å². The summed E-state index contributed by atoms with van der Waals surface area (Å²) < 4.78 is 1.07. The van der Waals surface area contributed by atoms with Gasteiger partial charge in [0.25, 0.3) is 11.8 Å². The number of aromatic nitrogens is 1. The van der Waals surface area contributed by atoms with Gasteiger partial charge < -0.3 is 5.32 Å². The third-order valence-electron chi connectivity index (χ3n) is 3.81. The smallest absolute Gasteiger partial charge is 0.288 e. The summed E-state index contributed by atoms with van der Waals surface area (Å²) in [7, 11) is 0. The number of aliphatic imine (C=N–C) groups is 1. The van der Waals surface area contributed by atoms with E-state index >= 15 is 0 Å². The van der Waals surface area contributed by atoms with Crippen LogP contribution in [0, 0.1) is 0 Å². The summed E-state index contributed by atoms with van der Waals surface area (Å²) in [4.78, 5) is 33.0. The molecule has 2 amide bonds. The quantitative estimate of drug-likeness (QED) is 0.739. The zero-order valence-electron chi connectivity index (χ0n) is 13.7. The second-order valence-electron chi connectivity index (χ2n) is 5.60. The molecule has 2 N–H and O–H groups in total. The van der Waals surface area contributed by atoms with Crippen molar-refractivity contribution in [3.05, 3.63) is 59.6 Å². The molecule has 2 heterocycles. The lowest BCUT2D eigenvalue weighted by molar-refractivity contribution is -0.118. The van der Waals surface area contributed by atoms with Crippen molar-refractivity contribution >= 4 is 44.9 Å². The molecule has 0 unspecified atom stereocenters. The van der Waals surface area contributed by atoms with Crippen molar-refractivity contribution < 1.29 is 9.59 Å². The molecule has 0 spiro atoms. The van der Waals surface area contributed by atoms with Crippen molar-refractivity contribution in [2.75, 3.05) is 11.6 Å². The van der Waals surface area contributed by atoms with Crippen LogP contribution in [0.5, 0.6) is 0 Å². The number of carbonyl (C=O) groups is 2. The van der Waals surface area contributed by atoms with E-state index in [1.54, 1.807) is 12.1 Å². The summed E-state index contributed by atoms with van der Waals surface area (Å²) >= 11 is 1.53. The van der Waals surface area contributed by atoms with Crippen LogP contribution in [-0.4, -0.2) is 29.2 Å². The van der Waals surface area contributed by atoms with Gasteiger partial charge in [0.05, 0.1) is 22.4 Å². The zero-order valence-corrected chi connectivity index (χ0v) is 14.5. The van der Waals surface area contributed by atoms with Crippen LogP contribution in [0.1, 0.15) is 5.01 Å². The van der Waals surface area contributed by atoms with Gasteiger partial charge in [-0.1, -0.05) is 30.3 Å². The fraction of sp³-hybridized carbons (Fsp3) is 0.111. The van der Waals surface area contributed by atoms with Gasteiger partial charge in [0.15, 0.2) is 0 Å². The number of anilines is 1. The zero-order chi connectivity index (χ0) is 17.9. The van der Waals surface area contributed by atoms with Gasteiger partial charge in [-0.05, 0) is 24.3 Å². The fourth-order valence-electron chi connectivity index (χ4n) is 2.56. The van der Waals surface area contributed by atoms with E-state index < -0.39 is 0 Å². The number of hydrogen-bond acceptors (Lipinski definition) is 6. The van der Waals surface area contributed by atoms with Crippen LogP contribution in [0.4, 0.5) is 5.69 Å². The van der Waals surface area contributed by atoms with E-state index in [2.05, 4.69) is 20.7 Å². The van der Waals surface area contributed by atoms with Crippen LogP contribution in [-0.2, 0) is 16.1 Å². The SMILES string of the molecule is O=C(NCc1nc2ccccc2s1)C1=NCC(=O)N(c2ccccc2)N1. The molecule has 130 valence electrons. The molecule has 0 bridgehead atoms. The number of fused-ring (bicyclic) bond motifs is 1. The highest BCUT2D eigenvalue weighted by molar-refractivity contribution is 7.18. The Morgan fingerprint density at radius 2 is 1.92 bits per heavy atom. The fourth-order valence-corrected chi connectivity index (χ4v) is 3.47. The molecule has 7 nitrogen and oxygen atoms in total. The first-order valence-corrected chi connectivity index (χ1v) is 8.84. The van der Waals surface area contributed by atoms with Gasteiger partial charge in [0, 0.05) is 0 Å². The predicted octanol–water partition coefficient (Wildman–Crippen LogP) is 1.86. The Kier molecular flexibility index (Phi) is 4.32. The van der Waals surface area contributed by atoms with Gasteiger partial charge in [-0.25, -0.2) is 9.99 Å². The number of nitrogens with zero attached hydrogens (tertiary/aromatic N) is 3. The van der Waals surface area contributed by atoms with Gasteiger partial charge >= 0.3 is 0 Å². The second kappa shape index (κ2) is 6.93. The maximum atomic E-state index is 12.4. The molecule has 0 aliphatic carbocycles. The standard InChI is InChI=1S/C18H15N5O2S/c24-16-11-19-17(22-23(16)12-6-2-1-3-7-12)18(25)20-10-15-21-13-8-4-5-9-14(13)26-15/h1-9H,10-11H2,(H,19,22)(H,20,25). The average molecular weight is 365 g/mol. The van der Waals surface area contributed by atoms with Crippen molar-refractivity contribution in [1.29, 1.82) is 0 Å². The molecule has 1 aliphatic rings. The summed E-state index contributed by atoms with van der Waals surface area (Å²) in [5.41, 5.74) is 4.36. The Hall–Kier alpha value is -3.26. The Balaban J connectivity index is 1.43. The van der Waals surface area contributed by atoms with Crippen LogP contribution < -0.4 is 15.8 Å². The first kappa shape index (κ1) is 16.2. The normalized spacial score (nSPS) is 14.1. The molecule has 1 aliphatic heterocycles. The predicted molar refractivity (Wildman–Crippen MR) is 101 cm³/mol.